The van der Waals surface area contributed by atoms with E-state index in [-0.39, 0.29) is 5.56 Å². The van der Waals surface area contributed by atoms with E-state index in [0.717, 1.165) is 16.6 Å². The summed E-state index contributed by atoms with van der Waals surface area (Å²) in [6, 6.07) is 17.8. The zero-order valence-corrected chi connectivity index (χ0v) is 14.9. The van der Waals surface area contributed by atoms with Crippen molar-refractivity contribution in [2.24, 2.45) is 0 Å². The molecule has 0 aliphatic rings. The first-order valence-electron chi connectivity index (χ1n) is 7.95. The molecule has 0 saturated carbocycles. The van der Waals surface area contributed by atoms with Crippen LogP contribution in [-0.2, 0) is 13.0 Å². The Kier molecular flexibility index (Phi) is 4.19. The van der Waals surface area contributed by atoms with Gasteiger partial charge in [0.25, 0.3) is 5.56 Å². The van der Waals surface area contributed by atoms with Gasteiger partial charge in [-0.15, -0.1) is 0 Å². The molecule has 0 bridgehead atoms. The number of rotatable bonds is 4. The maximum atomic E-state index is 12.7. The molecule has 124 valence electrons. The molecular formula is C19H15BrN4O. The molecule has 4 aromatic rings. The molecule has 4 rings (SSSR count). The number of aryl methyl sites for hydroxylation is 2. The third kappa shape index (κ3) is 3.13. The highest BCUT2D eigenvalue weighted by molar-refractivity contribution is 9.10. The van der Waals surface area contributed by atoms with Crippen molar-refractivity contribution in [1.29, 1.82) is 0 Å². The van der Waals surface area contributed by atoms with Gasteiger partial charge in [0.05, 0.1) is 18.2 Å². The van der Waals surface area contributed by atoms with Crippen molar-refractivity contribution >= 4 is 27.0 Å². The first-order chi connectivity index (χ1) is 12.2. The number of benzene rings is 2. The molecule has 0 amide bonds. The fourth-order valence-corrected chi connectivity index (χ4v) is 3.04. The van der Waals surface area contributed by atoms with E-state index in [1.165, 1.54) is 5.56 Å². The quantitative estimate of drug-likeness (QED) is 0.531. The van der Waals surface area contributed by atoms with Crippen LogP contribution in [0.25, 0.3) is 16.7 Å². The van der Waals surface area contributed by atoms with E-state index in [4.69, 9.17) is 0 Å². The monoisotopic (exact) mass is 394 g/mol. The first kappa shape index (κ1) is 15.8. The molecule has 2 aromatic carbocycles. The zero-order valence-electron chi connectivity index (χ0n) is 13.3. The Hall–Kier alpha value is -2.73. The topological polar surface area (TPSA) is 52.7 Å². The summed E-state index contributed by atoms with van der Waals surface area (Å²) in [5, 5.41) is 4.87. The van der Waals surface area contributed by atoms with Gasteiger partial charge in [-0.05, 0) is 36.2 Å². The highest BCUT2D eigenvalue weighted by atomic mass is 79.9. The Balaban J connectivity index is 1.67. The predicted octanol–water partition coefficient (Wildman–Crippen LogP) is 3.59. The van der Waals surface area contributed by atoms with E-state index >= 15 is 0 Å². The fraction of sp³-hybridized carbons (Fsp3) is 0.105. The maximum Gasteiger partial charge on any atom is 0.264 e. The van der Waals surface area contributed by atoms with Crippen LogP contribution in [0, 0.1) is 0 Å². The summed E-state index contributed by atoms with van der Waals surface area (Å²) in [7, 11) is 0. The molecule has 25 heavy (non-hydrogen) atoms. The summed E-state index contributed by atoms with van der Waals surface area (Å²) in [4.78, 5) is 17.2. The summed E-state index contributed by atoms with van der Waals surface area (Å²) in [5.74, 6) is 0. The van der Waals surface area contributed by atoms with Gasteiger partial charge in [0.15, 0.2) is 5.65 Å². The SMILES string of the molecule is O=c1c2cnn(-c3ccc(Br)cc3)c2ncn1CCc1ccccc1. The van der Waals surface area contributed by atoms with Crippen LogP contribution in [0.15, 0.2) is 76.4 Å². The molecule has 0 radical (unpaired) electrons. The van der Waals surface area contributed by atoms with Crippen molar-refractivity contribution in [3.05, 3.63) is 87.5 Å². The van der Waals surface area contributed by atoms with Crippen LogP contribution in [0.2, 0.25) is 0 Å². The third-order valence-corrected chi connectivity index (χ3v) is 4.64. The average molecular weight is 395 g/mol. The molecule has 0 aliphatic carbocycles. The van der Waals surface area contributed by atoms with E-state index in [1.54, 1.807) is 21.8 Å². The molecule has 2 heterocycles. The number of nitrogens with zero attached hydrogens (tertiary/aromatic N) is 4. The molecule has 6 heteroatoms. The van der Waals surface area contributed by atoms with E-state index in [0.29, 0.717) is 17.6 Å². The maximum absolute atomic E-state index is 12.7. The molecule has 2 aromatic heterocycles. The molecule has 0 fully saturated rings. The summed E-state index contributed by atoms with van der Waals surface area (Å²) < 4.78 is 4.32. The summed E-state index contributed by atoms with van der Waals surface area (Å²) >= 11 is 3.42. The van der Waals surface area contributed by atoms with Gasteiger partial charge in [-0.25, -0.2) is 9.67 Å². The number of aromatic nitrogens is 4. The minimum Gasteiger partial charge on any atom is -0.298 e. The Morgan fingerprint density at radius 1 is 1.00 bits per heavy atom. The second kappa shape index (κ2) is 6.64. The van der Waals surface area contributed by atoms with Crippen LogP contribution in [0.5, 0.6) is 0 Å². The molecule has 5 nitrogen and oxygen atoms in total. The van der Waals surface area contributed by atoms with Crippen LogP contribution < -0.4 is 5.56 Å². The highest BCUT2D eigenvalue weighted by Gasteiger charge is 2.11. The van der Waals surface area contributed by atoms with Crippen molar-refractivity contribution in [2.45, 2.75) is 13.0 Å². The van der Waals surface area contributed by atoms with Crippen molar-refractivity contribution in [1.82, 2.24) is 19.3 Å². The smallest absolute Gasteiger partial charge is 0.264 e. The van der Waals surface area contributed by atoms with Crippen LogP contribution >= 0.6 is 15.9 Å². The van der Waals surface area contributed by atoms with Gasteiger partial charge in [-0.1, -0.05) is 46.3 Å². The molecular weight excluding hydrogens is 380 g/mol. The number of halogens is 1. The van der Waals surface area contributed by atoms with Crippen LogP contribution in [0.4, 0.5) is 0 Å². The highest BCUT2D eigenvalue weighted by Crippen LogP contribution is 2.16. The predicted molar refractivity (Wildman–Crippen MR) is 101 cm³/mol. The van der Waals surface area contributed by atoms with Crippen molar-refractivity contribution in [3.8, 4) is 5.69 Å². The van der Waals surface area contributed by atoms with Gasteiger partial charge in [-0.2, -0.15) is 5.10 Å². The minimum atomic E-state index is -0.0655. The van der Waals surface area contributed by atoms with E-state index < -0.39 is 0 Å². The second-order valence-electron chi connectivity index (χ2n) is 5.75. The number of hydrogen-bond acceptors (Lipinski definition) is 3. The second-order valence-corrected chi connectivity index (χ2v) is 6.66. The van der Waals surface area contributed by atoms with E-state index in [1.807, 2.05) is 42.5 Å². The van der Waals surface area contributed by atoms with Crippen molar-refractivity contribution < 1.29 is 0 Å². The van der Waals surface area contributed by atoms with Gasteiger partial charge in [0.1, 0.15) is 5.39 Å². The third-order valence-electron chi connectivity index (χ3n) is 4.11. The molecule has 0 spiro atoms. The Labute approximate surface area is 152 Å². The van der Waals surface area contributed by atoms with Gasteiger partial charge >= 0.3 is 0 Å². The lowest BCUT2D eigenvalue weighted by Crippen LogP contribution is -2.21. The van der Waals surface area contributed by atoms with Gasteiger partial charge in [-0.3, -0.25) is 9.36 Å². The Bertz CT molecular complexity index is 1070. The summed E-state index contributed by atoms with van der Waals surface area (Å²) in [5.41, 5.74) is 2.57. The van der Waals surface area contributed by atoms with E-state index in [2.05, 4.69) is 38.1 Å². The van der Waals surface area contributed by atoms with E-state index in [9.17, 15) is 4.79 Å². The average Bonchev–Trinajstić information content (AvgIpc) is 3.08. The largest absolute Gasteiger partial charge is 0.298 e. The molecule has 0 aliphatic heterocycles. The summed E-state index contributed by atoms with van der Waals surface area (Å²) in [6.45, 7) is 0.593. The Morgan fingerprint density at radius 3 is 2.52 bits per heavy atom. The van der Waals surface area contributed by atoms with Gasteiger partial charge in [0.2, 0.25) is 0 Å². The number of hydrogen-bond donors (Lipinski definition) is 0. The zero-order chi connectivity index (χ0) is 17.2. The van der Waals surface area contributed by atoms with Crippen LogP contribution in [0.3, 0.4) is 0 Å². The first-order valence-corrected chi connectivity index (χ1v) is 8.75. The van der Waals surface area contributed by atoms with Gasteiger partial charge in [0, 0.05) is 11.0 Å². The van der Waals surface area contributed by atoms with Crippen molar-refractivity contribution in [2.75, 3.05) is 0 Å². The van der Waals surface area contributed by atoms with Gasteiger partial charge < -0.3 is 0 Å². The van der Waals surface area contributed by atoms with Crippen molar-refractivity contribution in [3.63, 3.8) is 0 Å². The summed E-state index contributed by atoms with van der Waals surface area (Å²) in [6.07, 6.45) is 3.98. The van der Waals surface area contributed by atoms with Crippen LogP contribution in [0.1, 0.15) is 5.56 Å². The lowest BCUT2D eigenvalue weighted by Gasteiger charge is -2.06. The normalized spacial score (nSPS) is 11.1. The van der Waals surface area contributed by atoms with Crippen LogP contribution in [-0.4, -0.2) is 19.3 Å². The molecule has 0 unspecified atom stereocenters. The molecule has 0 N–H and O–H groups in total. The minimum absolute atomic E-state index is 0.0655. The lowest BCUT2D eigenvalue weighted by molar-refractivity contribution is 0.661. The number of fused-ring (bicyclic) bond motifs is 1. The molecule has 0 saturated heterocycles. The Morgan fingerprint density at radius 2 is 1.76 bits per heavy atom. The standard InChI is InChI=1S/C19H15BrN4O/c20-15-6-8-16(9-7-15)24-18-17(12-22-24)19(25)23(13-21-18)11-10-14-4-2-1-3-5-14/h1-9,12-13H,10-11H2. The lowest BCUT2D eigenvalue weighted by atomic mass is 10.1. The molecule has 0 atom stereocenters. The fourth-order valence-electron chi connectivity index (χ4n) is 2.77.